The molecule has 0 unspecified atom stereocenters. The average molecular weight is 207 g/mol. The Labute approximate surface area is 85.5 Å². The topological polar surface area (TPSA) is 53.1 Å². The highest BCUT2D eigenvalue weighted by Gasteiger charge is 2.12. The lowest BCUT2D eigenvalue weighted by Crippen LogP contribution is -1.94. The Bertz CT molecular complexity index is 531. The number of aromatic nitrogens is 1. The van der Waals surface area contributed by atoms with Crippen LogP contribution in [0.1, 0.15) is 23.0 Å². The Morgan fingerprint density at radius 1 is 1.53 bits per heavy atom. The van der Waals surface area contributed by atoms with Gasteiger partial charge in [0.25, 0.3) is 0 Å². The van der Waals surface area contributed by atoms with Gasteiger partial charge in [0.1, 0.15) is 11.5 Å². The second-order valence-electron chi connectivity index (χ2n) is 3.33. The Morgan fingerprint density at radius 3 is 2.87 bits per heavy atom. The van der Waals surface area contributed by atoms with Gasteiger partial charge in [-0.25, -0.2) is 9.18 Å². The summed E-state index contributed by atoms with van der Waals surface area (Å²) >= 11 is 0. The third-order valence-corrected chi connectivity index (χ3v) is 2.44. The normalized spacial score (nSPS) is 10.8. The van der Waals surface area contributed by atoms with Crippen LogP contribution in [0.4, 0.5) is 4.39 Å². The molecule has 0 aliphatic rings. The number of halogens is 1. The summed E-state index contributed by atoms with van der Waals surface area (Å²) in [4.78, 5) is 13.5. The van der Waals surface area contributed by atoms with Gasteiger partial charge in [-0.1, -0.05) is 6.92 Å². The number of carboxylic acid groups (broad SMARTS) is 1. The van der Waals surface area contributed by atoms with Crippen molar-refractivity contribution < 1.29 is 14.3 Å². The van der Waals surface area contributed by atoms with E-state index >= 15 is 0 Å². The van der Waals surface area contributed by atoms with Crippen molar-refractivity contribution in [1.82, 2.24) is 4.98 Å². The molecule has 0 radical (unpaired) electrons. The predicted octanol–water partition coefficient (Wildman–Crippen LogP) is 2.57. The minimum atomic E-state index is -1.03. The van der Waals surface area contributed by atoms with E-state index in [-0.39, 0.29) is 11.5 Å². The van der Waals surface area contributed by atoms with Crippen LogP contribution in [-0.2, 0) is 6.42 Å². The fourth-order valence-corrected chi connectivity index (χ4v) is 1.71. The van der Waals surface area contributed by atoms with Crippen LogP contribution < -0.4 is 0 Å². The van der Waals surface area contributed by atoms with Gasteiger partial charge in [-0.15, -0.1) is 0 Å². The first-order valence-corrected chi connectivity index (χ1v) is 4.67. The predicted molar refractivity (Wildman–Crippen MR) is 54.6 cm³/mol. The molecule has 78 valence electrons. The third-order valence-electron chi connectivity index (χ3n) is 2.44. The van der Waals surface area contributed by atoms with Crippen LogP contribution in [0.15, 0.2) is 18.2 Å². The van der Waals surface area contributed by atoms with E-state index in [0.29, 0.717) is 22.9 Å². The van der Waals surface area contributed by atoms with Crippen LogP contribution in [-0.4, -0.2) is 16.1 Å². The number of aromatic carboxylic acids is 1. The van der Waals surface area contributed by atoms with E-state index in [1.165, 1.54) is 12.1 Å². The number of rotatable bonds is 2. The summed E-state index contributed by atoms with van der Waals surface area (Å²) in [6, 6.07) is 4.37. The highest BCUT2D eigenvalue weighted by molar-refractivity contribution is 5.95. The molecule has 0 aliphatic heterocycles. The van der Waals surface area contributed by atoms with Crippen molar-refractivity contribution in [2.45, 2.75) is 13.3 Å². The minimum Gasteiger partial charge on any atom is -0.477 e. The van der Waals surface area contributed by atoms with Gasteiger partial charge in [0.05, 0.1) is 0 Å². The molecule has 2 N–H and O–H groups in total. The minimum absolute atomic E-state index is 0.0882. The Morgan fingerprint density at radius 2 is 2.27 bits per heavy atom. The van der Waals surface area contributed by atoms with E-state index in [9.17, 15) is 9.18 Å². The summed E-state index contributed by atoms with van der Waals surface area (Å²) < 4.78 is 13.4. The molecule has 0 bridgehead atoms. The van der Waals surface area contributed by atoms with Crippen LogP contribution in [0.2, 0.25) is 0 Å². The molecule has 1 aromatic heterocycles. The number of aryl methyl sites for hydroxylation is 1. The lowest BCUT2D eigenvalue weighted by atomic mass is 10.1. The van der Waals surface area contributed by atoms with E-state index in [1.54, 1.807) is 6.07 Å². The maximum atomic E-state index is 13.4. The highest BCUT2D eigenvalue weighted by atomic mass is 19.1. The molecule has 1 aromatic carbocycles. The molecule has 0 atom stereocenters. The molecule has 0 fully saturated rings. The van der Waals surface area contributed by atoms with Gasteiger partial charge in [0, 0.05) is 10.9 Å². The summed E-state index contributed by atoms with van der Waals surface area (Å²) in [6.07, 6.45) is 0.542. The number of carboxylic acids is 1. The number of fused-ring (bicyclic) bond motifs is 1. The molecule has 0 saturated carbocycles. The van der Waals surface area contributed by atoms with Crippen molar-refractivity contribution in [3.05, 3.63) is 35.3 Å². The van der Waals surface area contributed by atoms with Gasteiger partial charge in [-0.2, -0.15) is 0 Å². The standard InChI is InChI=1S/C11H10FNO2/c1-2-6-7-5-10(11(14)15)13-9(7)4-3-8(6)12/h3-5,13H,2H2,1H3,(H,14,15). The average Bonchev–Trinajstić information content (AvgIpc) is 2.61. The van der Waals surface area contributed by atoms with Crippen LogP contribution >= 0.6 is 0 Å². The van der Waals surface area contributed by atoms with Crippen molar-refractivity contribution in [2.24, 2.45) is 0 Å². The fourth-order valence-electron chi connectivity index (χ4n) is 1.71. The Balaban J connectivity index is 2.75. The summed E-state index contributed by atoms with van der Waals surface area (Å²) in [5.74, 6) is -1.32. The molecule has 0 saturated heterocycles. The molecule has 3 nitrogen and oxygen atoms in total. The largest absolute Gasteiger partial charge is 0.477 e. The molecule has 15 heavy (non-hydrogen) atoms. The smallest absolute Gasteiger partial charge is 0.352 e. The number of nitrogens with one attached hydrogen (secondary N) is 1. The zero-order valence-electron chi connectivity index (χ0n) is 8.17. The molecular weight excluding hydrogens is 197 g/mol. The van der Waals surface area contributed by atoms with E-state index in [4.69, 9.17) is 5.11 Å². The summed E-state index contributed by atoms with van der Waals surface area (Å²) in [5.41, 5.74) is 1.30. The van der Waals surface area contributed by atoms with Crippen molar-refractivity contribution in [1.29, 1.82) is 0 Å². The Hall–Kier alpha value is -1.84. The first-order chi connectivity index (χ1) is 7.13. The molecule has 1 heterocycles. The lowest BCUT2D eigenvalue weighted by Gasteiger charge is -2.00. The number of H-pyrrole nitrogens is 1. The number of hydrogen-bond acceptors (Lipinski definition) is 1. The summed E-state index contributed by atoms with van der Waals surface area (Å²) in [6.45, 7) is 1.84. The summed E-state index contributed by atoms with van der Waals surface area (Å²) in [7, 11) is 0. The molecule has 0 spiro atoms. The van der Waals surface area contributed by atoms with Gasteiger partial charge < -0.3 is 10.1 Å². The van der Waals surface area contributed by atoms with Gasteiger partial charge in [0.2, 0.25) is 0 Å². The van der Waals surface area contributed by atoms with E-state index in [0.717, 1.165) is 0 Å². The second-order valence-corrected chi connectivity index (χ2v) is 3.33. The molecule has 0 aliphatic carbocycles. The van der Waals surface area contributed by atoms with E-state index < -0.39 is 5.97 Å². The van der Waals surface area contributed by atoms with Gasteiger partial charge in [0.15, 0.2) is 0 Å². The molecule has 2 aromatic rings. The van der Waals surface area contributed by atoms with E-state index in [2.05, 4.69) is 4.98 Å². The SMILES string of the molecule is CCc1c(F)ccc2[nH]c(C(=O)O)cc12. The van der Waals surface area contributed by atoms with Crippen molar-refractivity contribution >= 4 is 16.9 Å². The first-order valence-electron chi connectivity index (χ1n) is 4.67. The highest BCUT2D eigenvalue weighted by Crippen LogP contribution is 2.23. The van der Waals surface area contributed by atoms with Crippen LogP contribution in [0, 0.1) is 5.82 Å². The van der Waals surface area contributed by atoms with Crippen molar-refractivity contribution in [3.8, 4) is 0 Å². The van der Waals surface area contributed by atoms with Crippen LogP contribution in [0.25, 0.3) is 10.9 Å². The molecule has 4 heteroatoms. The van der Waals surface area contributed by atoms with Crippen molar-refractivity contribution in [2.75, 3.05) is 0 Å². The number of benzene rings is 1. The van der Waals surface area contributed by atoms with Gasteiger partial charge in [-0.05, 0) is 30.2 Å². The molecule has 2 rings (SSSR count). The lowest BCUT2D eigenvalue weighted by molar-refractivity contribution is 0.0691. The maximum absolute atomic E-state index is 13.4. The number of aromatic amines is 1. The van der Waals surface area contributed by atoms with Gasteiger partial charge >= 0.3 is 5.97 Å². The maximum Gasteiger partial charge on any atom is 0.352 e. The van der Waals surface area contributed by atoms with E-state index in [1.807, 2.05) is 6.92 Å². The van der Waals surface area contributed by atoms with Crippen LogP contribution in [0.3, 0.4) is 0 Å². The van der Waals surface area contributed by atoms with Gasteiger partial charge in [-0.3, -0.25) is 0 Å². The zero-order valence-corrected chi connectivity index (χ0v) is 8.17. The number of carbonyl (C=O) groups is 1. The molecular formula is C11H10FNO2. The third kappa shape index (κ3) is 1.48. The summed E-state index contributed by atoms with van der Waals surface area (Å²) in [5, 5.41) is 9.44. The first kappa shape index (κ1) is 9.71. The zero-order chi connectivity index (χ0) is 11.0. The molecule has 0 amide bonds. The Kier molecular flexibility index (Phi) is 2.19. The quantitative estimate of drug-likeness (QED) is 0.795. The second kappa shape index (κ2) is 3.38. The number of hydrogen-bond donors (Lipinski definition) is 2. The monoisotopic (exact) mass is 207 g/mol. The van der Waals surface area contributed by atoms with Crippen molar-refractivity contribution in [3.63, 3.8) is 0 Å². The fraction of sp³-hybridized carbons (Fsp3) is 0.182. The van der Waals surface area contributed by atoms with Crippen LogP contribution in [0.5, 0.6) is 0 Å².